The maximum atomic E-state index is 8.79. The van der Waals surface area contributed by atoms with Crippen molar-refractivity contribution in [2.45, 2.75) is 19.8 Å². The van der Waals surface area contributed by atoms with E-state index in [9.17, 15) is 0 Å². The first-order valence-corrected chi connectivity index (χ1v) is 7.00. The molecule has 2 heterocycles. The van der Waals surface area contributed by atoms with Crippen LogP contribution in [-0.2, 0) is 6.42 Å². The Labute approximate surface area is 123 Å². The number of rotatable bonds is 2. The van der Waals surface area contributed by atoms with Crippen molar-refractivity contribution in [2.24, 2.45) is 10.9 Å². The second-order valence-electron chi connectivity index (χ2n) is 5.27. The second-order valence-corrected chi connectivity index (χ2v) is 5.27. The topological polar surface area (TPSA) is 74.7 Å². The van der Waals surface area contributed by atoms with E-state index in [0.29, 0.717) is 5.69 Å². The third kappa shape index (κ3) is 2.54. The predicted octanol–water partition coefficient (Wildman–Crippen LogP) is 2.57. The largest absolute Gasteiger partial charge is 0.409 e. The summed E-state index contributed by atoms with van der Waals surface area (Å²) in [5, 5.41) is 11.8. The maximum absolute atomic E-state index is 8.79. The highest BCUT2D eigenvalue weighted by Gasteiger charge is 2.19. The Morgan fingerprint density at radius 1 is 1.33 bits per heavy atom. The maximum Gasteiger partial charge on any atom is 0.188 e. The number of hydrogen-bond donors (Lipinski definition) is 2. The molecule has 0 saturated heterocycles. The van der Waals surface area contributed by atoms with E-state index >= 15 is 0 Å². The van der Waals surface area contributed by atoms with Crippen LogP contribution in [0.3, 0.4) is 0 Å². The van der Waals surface area contributed by atoms with E-state index in [4.69, 9.17) is 10.9 Å². The standard InChI is InChI=1S/C16H18N4O/c1-11-4-5-15-12(9-11)3-2-8-20(15)13-6-7-18-14(10-13)16(17)19-21/h4-7,9-10,21H,2-3,8H2,1H3,(H2,17,19). The predicted molar refractivity (Wildman–Crippen MR) is 83.3 cm³/mol. The summed E-state index contributed by atoms with van der Waals surface area (Å²) in [5.74, 6) is 0.0259. The molecular weight excluding hydrogens is 264 g/mol. The van der Waals surface area contributed by atoms with Crippen LogP contribution >= 0.6 is 0 Å². The molecule has 0 aliphatic carbocycles. The van der Waals surface area contributed by atoms with Crippen LogP contribution in [0, 0.1) is 6.92 Å². The molecule has 0 bridgehead atoms. The molecule has 1 aromatic heterocycles. The summed E-state index contributed by atoms with van der Waals surface area (Å²) in [4.78, 5) is 6.39. The lowest BCUT2D eigenvalue weighted by Gasteiger charge is -2.31. The van der Waals surface area contributed by atoms with Gasteiger partial charge in [-0.15, -0.1) is 0 Å². The normalized spacial score (nSPS) is 14.9. The van der Waals surface area contributed by atoms with Gasteiger partial charge in [-0.05, 0) is 43.5 Å². The molecule has 0 spiro atoms. The van der Waals surface area contributed by atoms with Crippen molar-refractivity contribution in [3.05, 3.63) is 53.3 Å². The molecule has 0 amide bonds. The van der Waals surface area contributed by atoms with E-state index in [2.05, 4.69) is 40.2 Å². The second kappa shape index (κ2) is 5.44. The zero-order valence-corrected chi connectivity index (χ0v) is 12.0. The summed E-state index contributed by atoms with van der Waals surface area (Å²) in [6, 6.07) is 10.3. The van der Waals surface area contributed by atoms with E-state index in [1.54, 1.807) is 6.20 Å². The van der Waals surface area contributed by atoms with Gasteiger partial charge >= 0.3 is 0 Å². The van der Waals surface area contributed by atoms with Gasteiger partial charge in [0.15, 0.2) is 5.84 Å². The molecule has 1 aliphatic heterocycles. The molecule has 108 valence electrons. The number of amidine groups is 1. The molecule has 1 aromatic carbocycles. The number of aromatic nitrogens is 1. The van der Waals surface area contributed by atoms with Crippen LogP contribution in [0.1, 0.15) is 23.2 Å². The van der Waals surface area contributed by atoms with Crippen LogP contribution in [0.5, 0.6) is 0 Å². The molecule has 5 heteroatoms. The number of nitrogens with zero attached hydrogens (tertiary/aromatic N) is 3. The van der Waals surface area contributed by atoms with Gasteiger partial charge in [-0.3, -0.25) is 4.98 Å². The third-order valence-electron chi connectivity index (χ3n) is 3.78. The third-order valence-corrected chi connectivity index (χ3v) is 3.78. The summed E-state index contributed by atoms with van der Waals surface area (Å²) >= 11 is 0. The first-order valence-electron chi connectivity index (χ1n) is 7.00. The summed E-state index contributed by atoms with van der Waals surface area (Å²) in [7, 11) is 0. The lowest BCUT2D eigenvalue weighted by Crippen LogP contribution is -2.25. The molecule has 0 radical (unpaired) electrons. The lowest BCUT2D eigenvalue weighted by atomic mass is 9.99. The van der Waals surface area contributed by atoms with Crippen molar-refractivity contribution >= 4 is 17.2 Å². The number of pyridine rings is 1. The zero-order valence-electron chi connectivity index (χ0n) is 12.0. The van der Waals surface area contributed by atoms with Crippen LogP contribution in [0.4, 0.5) is 11.4 Å². The first-order chi connectivity index (χ1) is 10.2. The Morgan fingerprint density at radius 3 is 3.00 bits per heavy atom. The Morgan fingerprint density at radius 2 is 2.19 bits per heavy atom. The summed E-state index contributed by atoms with van der Waals surface area (Å²) in [6.45, 7) is 3.07. The smallest absolute Gasteiger partial charge is 0.188 e. The fourth-order valence-corrected chi connectivity index (χ4v) is 2.77. The lowest BCUT2D eigenvalue weighted by molar-refractivity contribution is 0.318. The highest BCUT2D eigenvalue weighted by molar-refractivity contribution is 5.96. The molecule has 1 aliphatic rings. The number of hydrogen-bond acceptors (Lipinski definition) is 4. The van der Waals surface area contributed by atoms with Crippen LogP contribution in [0.2, 0.25) is 0 Å². The molecule has 21 heavy (non-hydrogen) atoms. The summed E-state index contributed by atoms with van der Waals surface area (Å²) < 4.78 is 0. The number of aryl methyl sites for hydroxylation is 2. The Hall–Kier alpha value is -2.56. The number of anilines is 2. The van der Waals surface area contributed by atoms with Crippen molar-refractivity contribution in [1.82, 2.24) is 4.98 Å². The van der Waals surface area contributed by atoms with Gasteiger partial charge in [0.25, 0.3) is 0 Å². The highest BCUT2D eigenvalue weighted by atomic mass is 16.4. The van der Waals surface area contributed by atoms with E-state index in [0.717, 1.165) is 25.1 Å². The molecule has 0 atom stereocenters. The van der Waals surface area contributed by atoms with Gasteiger partial charge < -0.3 is 15.8 Å². The molecule has 5 nitrogen and oxygen atoms in total. The summed E-state index contributed by atoms with van der Waals surface area (Å²) in [6.07, 6.45) is 3.90. The van der Waals surface area contributed by atoms with Crippen molar-refractivity contribution in [3.63, 3.8) is 0 Å². The van der Waals surface area contributed by atoms with Gasteiger partial charge in [-0.1, -0.05) is 22.9 Å². The number of benzene rings is 1. The van der Waals surface area contributed by atoms with Gasteiger partial charge in [0.1, 0.15) is 5.69 Å². The van der Waals surface area contributed by atoms with Crippen LogP contribution < -0.4 is 10.6 Å². The molecule has 0 saturated carbocycles. The van der Waals surface area contributed by atoms with E-state index in [1.807, 2.05) is 12.1 Å². The highest BCUT2D eigenvalue weighted by Crippen LogP contribution is 2.33. The van der Waals surface area contributed by atoms with Gasteiger partial charge in [0.05, 0.1) is 0 Å². The van der Waals surface area contributed by atoms with Gasteiger partial charge in [-0.25, -0.2) is 0 Å². The molecule has 3 rings (SSSR count). The van der Waals surface area contributed by atoms with Crippen molar-refractivity contribution in [3.8, 4) is 0 Å². The molecule has 0 fully saturated rings. The average molecular weight is 282 g/mol. The first kappa shape index (κ1) is 13.4. The molecular formula is C16H18N4O. The van der Waals surface area contributed by atoms with Crippen LogP contribution in [-0.4, -0.2) is 22.6 Å². The number of fused-ring (bicyclic) bond motifs is 1. The van der Waals surface area contributed by atoms with Gasteiger partial charge in [0.2, 0.25) is 0 Å². The SMILES string of the molecule is Cc1ccc2c(c1)CCCN2c1ccnc(C(N)=NO)c1. The minimum Gasteiger partial charge on any atom is -0.409 e. The minimum absolute atomic E-state index is 0.0259. The Balaban J connectivity index is 2.03. The van der Waals surface area contributed by atoms with E-state index < -0.39 is 0 Å². The number of nitrogens with two attached hydrogens (primary N) is 1. The van der Waals surface area contributed by atoms with Crippen LogP contribution in [0.15, 0.2) is 41.7 Å². The minimum atomic E-state index is 0.0259. The molecule has 2 aromatic rings. The summed E-state index contributed by atoms with van der Waals surface area (Å²) in [5.41, 5.74) is 11.0. The van der Waals surface area contributed by atoms with Gasteiger partial charge in [0, 0.05) is 24.1 Å². The fourth-order valence-electron chi connectivity index (χ4n) is 2.77. The van der Waals surface area contributed by atoms with Crippen molar-refractivity contribution < 1.29 is 5.21 Å². The zero-order chi connectivity index (χ0) is 14.8. The Kier molecular flexibility index (Phi) is 3.48. The van der Waals surface area contributed by atoms with Crippen molar-refractivity contribution in [2.75, 3.05) is 11.4 Å². The molecule has 3 N–H and O–H groups in total. The van der Waals surface area contributed by atoms with Gasteiger partial charge in [-0.2, -0.15) is 0 Å². The molecule has 0 unspecified atom stereocenters. The average Bonchev–Trinajstić information content (AvgIpc) is 2.53. The number of oxime groups is 1. The van der Waals surface area contributed by atoms with E-state index in [1.165, 1.54) is 16.8 Å². The Bertz CT molecular complexity index is 696. The fraction of sp³-hybridized carbons (Fsp3) is 0.250. The monoisotopic (exact) mass is 282 g/mol. The van der Waals surface area contributed by atoms with Crippen molar-refractivity contribution in [1.29, 1.82) is 0 Å². The van der Waals surface area contributed by atoms with E-state index in [-0.39, 0.29) is 5.84 Å². The van der Waals surface area contributed by atoms with Crippen LogP contribution in [0.25, 0.3) is 0 Å². The quantitative estimate of drug-likeness (QED) is 0.384.